The molecule has 0 bridgehead atoms. The number of hydrogen-bond acceptors (Lipinski definition) is 4. The summed E-state index contributed by atoms with van der Waals surface area (Å²) in [6.45, 7) is 2.09. The maximum atomic E-state index is 11.0. The van der Waals surface area contributed by atoms with Gasteiger partial charge in [0.15, 0.2) is 0 Å². The second kappa shape index (κ2) is 5.84. The van der Waals surface area contributed by atoms with Crippen LogP contribution in [0.15, 0.2) is 29.9 Å². The summed E-state index contributed by atoms with van der Waals surface area (Å²) in [6, 6.07) is 3.61. The number of rotatable bonds is 4. The number of carbonyl (C=O) groups excluding carboxylic acids is 1. The van der Waals surface area contributed by atoms with Crippen molar-refractivity contribution in [3.63, 3.8) is 0 Å². The summed E-state index contributed by atoms with van der Waals surface area (Å²) < 4.78 is 0. The van der Waals surface area contributed by atoms with Gasteiger partial charge in [-0.2, -0.15) is 0 Å². The van der Waals surface area contributed by atoms with E-state index in [1.54, 1.807) is 29.8 Å². The van der Waals surface area contributed by atoms with Gasteiger partial charge in [0.1, 0.15) is 0 Å². The minimum atomic E-state index is -0.0749. The van der Waals surface area contributed by atoms with E-state index in [9.17, 15) is 4.79 Å². The van der Waals surface area contributed by atoms with Crippen LogP contribution in [-0.2, 0) is 11.3 Å². The van der Waals surface area contributed by atoms with Crippen LogP contribution in [0.25, 0.3) is 0 Å². The van der Waals surface area contributed by atoms with E-state index in [0.717, 1.165) is 16.3 Å². The van der Waals surface area contributed by atoms with Crippen molar-refractivity contribution in [2.45, 2.75) is 13.5 Å². The molecule has 2 N–H and O–H groups in total. The van der Waals surface area contributed by atoms with Gasteiger partial charge < -0.3 is 10.6 Å². The Hall–Kier alpha value is -1.59. The lowest BCUT2D eigenvalue weighted by Gasteiger charge is -2.08. The van der Waals surface area contributed by atoms with Gasteiger partial charge in [-0.3, -0.25) is 9.78 Å². The van der Waals surface area contributed by atoms with Crippen LogP contribution in [0.4, 0.5) is 11.4 Å². The van der Waals surface area contributed by atoms with Gasteiger partial charge in [0.05, 0.1) is 29.1 Å². The van der Waals surface area contributed by atoms with E-state index in [4.69, 9.17) is 11.6 Å². The van der Waals surface area contributed by atoms with Crippen molar-refractivity contribution >= 4 is 40.2 Å². The van der Waals surface area contributed by atoms with Gasteiger partial charge in [-0.15, -0.1) is 11.3 Å². The van der Waals surface area contributed by atoms with Crippen LogP contribution in [0.1, 0.15) is 11.8 Å². The lowest BCUT2D eigenvalue weighted by Crippen LogP contribution is -2.08. The Bertz CT molecular complexity index is 556. The molecule has 0 aromatic carbocycles. The van der Waals surface area contributed by atoms with E-state index in [-0.39, 0.29) is 5.91 Å². The average Bonchev–Trinajstić information content (AvgIpc) is 2.75. The van der Waals surface area contributed by atoms with Gasteiger partial charge >= 0.3 is 0 Å². The number of anilines is 2. The summed E-state index contributed by atoms with van der Waals surface area (Å²) in [5.41, 5.74) is 1.61. The number of hydrogen-bond donors (Lipinski definition) is 2. The molecule has 94 valence electrons. The number of aromatic nitrogens is 1. The number of amides is 1. The minimum absolute atomic E-state index is 0.0749. The summed E-state index contributed by atoms with van der Waals surface area (Å²) in [5, 5.41) is 8.55. The van der Waals surface area contributed by atoms with E-state index in [2.05, 4.69) is 15.6 Å². The smallest absolute Gasteiger partial charge is 0.221 e. The second-order valence-corrected chi connectivity index (χ2v) is 5.06. The molecule has 0 saturated heterocycles. The van der Waals surface area contributed by atoms with Gasteiger partial charge in [-0.25, -0.2) is 0 Å². The van der Waals surface area contributed by atoms with Gasteiger partial charge in [0.2, 0.25) is 5.91 Å². The Morgan fingerprint density at radius 2 is 2.28 bits per heavy atom. The number of carbonyl (C=O) groups is 1. The molecule has 2 aromatic rings. The normalized spacial score (nSPS) is 10.1. The lowest BCUT2D eigenvalue weighted by molar-refractivity contribution is -0.114. The van der Waals surface area contributed by atoms with Crippen molar-refractivity contribution < 1.29 is 4.79 Å². The Balaban J connectivity index is 2.05. The summed E-state index contributed by atoms with van der Waals surface area (Å²) in [5.74, 6) is -0.0749. The quantitative estimate of drug-likeness (QED) is 0.903. The molecular weight excluding hydrogens is 270 g/mol. The van der Waals surface area contributed by atoms with Gasteiger partial charge in [-0.05, 0) is 17.5 Å². The van der Waals surface area contributed by atoms with Crippen molar-refractivity contribution in [3.05, 3.63) is 39.8 Å². The largest absolute Gasteiger partial charge is 0.378 e. The minimum Gasteiger partial charge on any atom is -0.378 e. The molecule has 2 rings (SSSR count). The van der Waals surface area contributed by atoms with E-state index >= 15 is 0 Å². The maximum absolute atomic E-state index is 11.0. The average molecular weight is 282 g/mol. The van der Waals surface area contributed by atoms with Gasteiger partial charge in [0, 0.05) is 18.0 Å². The molecule has 1 amide bonds. The molecule has 0 atom stereocenters. The first kappa shape index (κ1) is 12.9. The monoisotopic (exact) mass is 281 g/mol. The van der Waals surface area contributed by atoms with Crippen LogP contribution in [0.3, 0.4) is 0 Å². The van der Waals surface area contributed by atoms with Crippen LogP contribution < -0.4 is 10.6 Å². The Labute approximate surface area is 114 Å². The molecule has 6 heteroatoms. The molecular formula is C12H12ClN3OS. The molecule has 0 radical (unpaired) electrons. The SMILES string of the molecule is CC(=O)Nc1ccsc1CNc1cnccc1Cl. The third-order valence-corrected chi connectivity index (χ3v) is 3.51. The van der Waals surface area contributed by atoms with Crippen molar-refractivity contribution in [2.75, 3.05) is 10.6 Å². The highest BCUT2D eigenvalue weighted by Gasteiger charge is 2.06. The number of halogens is 1. The predicted molar refractivity (Wildman–Crippen MR) is 75.2 cm³/mol. The first-order valence-corrected chi connectivity index (χ1v) is 6.60. The molecule has 0 saturated carbocycles. The zero-order valence-electron chi connectivity index (χ0n) is 9.74. The molecule has 0 fully saturated rings. The summed E-state index contributed by atoms with van der Waals surface area (Å²) in [7, 11) is 0. The molecule has 0 unspecified atom stereocenters. The van der Waals surface area contributed by atoms with E-state index in [1.165, 1.54) is 6.92 Å². The Morgan fingerprint density at radius 3 is 3.00 bits per heavy atom. The van der Waals surface area contributed by atoms with Crippen LogP contribution in [-0.4, -0.2) is 10.9 Å². The van der Waals surface area contributed by atoms with Crippen molar-refractivity contribution in [3.8, 4) is 0 Å². The number of nitrogens with zero attached hydrogens (tertiary/aromatic N) is 1. The Kier molecular flexibility index (Phi) is 4.17. The van der Waals surface area contributed by atoms with Crippen LogP contribution in [0.2, 0.25) is 5.02 Å². The third kappa shape index (κ3) is 3.21. The highest BCUT2D eigenvalue weighted by Crippen LogP contribution is 2.25. The molecule has 0 aliphatic rings. The fraction of sp³-hybridized carbons (Fsp3) is 0.167. The summed E-state index contributed by atoms with van der Waals surface area (Å²) in [6.07, 6.45) is 3.31. The number of pyridine rings is 1. The predicted octanol–water partition coefficient (Wildman–Crippen LogP) is 3.37. The first-order valence-electron chi connectivity index (χ1n) is 5.34. The Morgan fingerprint density at radius 1 is 1.44 bits per heavy atom. The summed E-state index contributed by atoms with van der Waals surface area (Å²) >= 11 is 7.60. The molecule has 0 spiro atoms. The van der Waals surface area contributed by atoms with Crippen molar-refractivity contribution in [1.82, 2.24) is 4.98 Å². The molecule has 0 aliphatic carbocycles. The fourth-order valence-corrected chi connectivity index (χ4v) is 2.40. The second-order valence-electron chi connectivity index (χ2n) is 3.65. The van der Waals surface area contributed by atoms with E-state index in [1.807, 2.05) is 11.4 Å². The van der Waals surface area contributed by atoms with Crippen molar-refractivity contribution in [2.24, 2.45) is 0 Å². The van der Waals surface area contributed by atoms with E-state index < -0.39 is 0 Å². The molecule has 18 heavy (non-hydrogen) atoms. The highest BCUT2D eigenvalue weighted by atomic mass is 35.5. The standard InChI is InChI=1S/C12H12ClN3OS/c1-8(17)16-10-3-5-18-12(10)7-15-11-6-14-4-2-9(11)13/h2-6,15H,7H2,1H3,(H,16,17). The topological polar surface area (TPSA) is 54.0 Å². The van der Waals surface area contributed by atoms with Gasteiger partial charge in [0.25, 0.3) is 0 Å². The number of thiophene rings is 1. The first-order chi connectivity index (χ1) is 8.66. The zero-order valence-corrected chi connectivity index (χ0v) is 11.3. The van der Waals surface area contributed by atoms with Crippen LogP contribution >= 0.6 is 22.9 Å². The van der Waals surface area contributed by atoms with E-state index in [0.29, 0.717) is 11.6 Å². The van der Waals surface area contributed by atoms with Gasteiger partial charge in [-0.1, -0.05) is 11.6 Å². The molecule has 2 aromatic heterocycles. The fourth-order valence-electron chi connectivity index (χ4n) is 1.46. The number of nitrogens with one attached hydrogen (secondary N) is 2. The highest BCUT2D eigenvalue weighted by molar-refractivity contribution is 7.10. The lowest BCUT2D eigenvalue weighted by atomic mass is 10.3. The van der Waals surface area contributed by atoms with Crippen LogP contribution in [0.5, 0.6) is 0 Å². The maximum Gasteiger partial charge on any atom is 0.221 e. The zero-order chi connectivity index (χ0) is 13.0. The molecule has 0 aliphatic heterocycles. The van der Waals surface area contributed by atoms with Crippen molar-refractivity contribution in [1.29, 1.82) is 0 Å². The molecule has 4 nitrogen and oxygen atoms in total. The summed E-state index contributed by atoms with van der Waals surface area (Å²) in [4.78, 5) is 16.1. The third-order valence-electron chi connectivity index (χ3n) is 2.26. The van der Waals surface area contributed by atoms with Crippen LogP contribution in [0, 0.1) is 0 Å². The molecule has 2 heterocycles.